The number of amides is 2. The molecule has 0 fully saturated rings. The lowest BCUT2D eigenvalue weighted by Crippen LogP contribution is -2.32. The number of ether oxygens (including phenoxy) is 1. The third-order valence-electron chi connectivity index (χ3n) is 3.32. The van der Waals surface area contributed by atoms with E-state index >= 15 is 0 Å². The molecule has 2 N–H and O–H groups in total. The first-order chi connectivity index (χ1) is 12.3. The number of carbonyl (C=O) groups is 3. The molecule has 0 radical (unpaired) electrons. The molecule has 0 aliphatic rings. The maximum absolute atomic E-state index is 12.8. The number of halogens is 2. The minimum atomic E-state index is -0.780. The lowest BCUT2D eigenvalue weighted by atomic mass is 10.2. The summed E-state index contributed by atoms with van der Waals surface area (Å²) in [6.45, 7) is 0.909. The Kier molecular flexibility index (Phi) is 6.68. The van der Waals surface area contributed by atoms with Gasteiger partial charge >= 0.3 is 5.97 Å². The molecular formula is C18H16ClFN2O4. The Morgan fingerprint density at radius 3 is 2.46 bits per heavy atom. The number of carbonyl (C=O) groups excluding carboxylic acids is 3. The Morgan fingerprint density at radius 2 is 1.81 bits per heavy atom. The highest BCUT2D eigenvalue weighted by molar-refractivity contribution is 6.31. The van der Waals surface area contributed by atoms with E-state index in [-0.39, 0.29) is 5.56 Å². The van der Waals surface area contributed by atoms with Crippen molar-refractivity contribution in [2.75, 3.05) is 18.5 Å². The van der Waals surface area contributed by atoms with Gasteiger partial charge in [0.1, 0.15) is 12.4 Å². The normalized spacial score (nSPS) is 10.1. The summed E-state index contributed by atoms with van der Waals surface area (Å²) >= 11 is 5.96. The van der Waals surface area contributed by atoms with Crippen LogP contribution in [0.25, 0.3) is 0 Å². The summed E-state index contributed by atoms with van der Waals surface area (Å²) in [7, 11) is 0. The topological polar surface area (TPSA) is 84.5 Å². The maximum Gasteiger partial charge on any atom is 0.325 e. The molecule has 0 aliphatic carbocycles. The summed E-state index contributed by atoms with van der Waals surface area (Å²) in [6.07, 6.45) is 0. The van der Waals surface area contributed by atoms with Crippen molar-refractivity contribution in [3.05, 3.63) is 64.4 Å². The quantitative estimate of drug-likeness (QED) is 0.757. The molecule has 0 spiro atoms. The Labute approximate surface area is 154 Å². The van der Waals surface area contributed by atoms with Crippen LogP contribution in [-0.2, 0) is 14.3 Å². The van der Waals surface area contributed by atoms with E-state index in [9.17, 15) is 18.8 Å². The molecule has 0 unspecified atom stereocenters. The maximum atomic E-state index is 12.8. The first-order valence-corrected chi connectivity index (χ1v) is 7.98. The highest BCUT2D eigenvalue weighted by Crippen LogP contribution is 2.19. The van der Waals surface area contributed by atoms with Gasteiger partial charge in [0.25, 0.3) is 11.8 Å². The van der Waals surface area contributed by atoms with Gasteiger partial charge in [0.05, 0.1) is 0 Å². The van der Waals surface area contributed by atoms with E-state index in [1.165, 1.54) is 12.1 Å². The third kappa shape index (κ3) is 5.86. The molecule has 2 aromatic rings. The summed E-state index contributed by atoms with van der Waals surface area (Å²) in [5.74, 6) is -2.34. The summed E-state index contributed by atoms with van der Waals surface area (Å²) in [6, 6.07) is 9.84. The zero-order valence-corrected chi connectivity index (χ0v) is 14.6. The van der Waals surface area contributed by atoms with Gasteiger partial charge in [-0.25, -0.2) is 4.39 Å². The SMILES string of the molecule is Cc1ccc(NC(=O)COC(=O)CNC(=O)c2ccc(F)cc2)cc1Cl. The monoisotopic (exact) mass is 378 g/mol. The number of nitrogens with one attached hydrogen (secondary N) is 2. The Bertz CT molecular complexity index is 824. The van der Waals surface area contributed by atoms with E-state index in [4.69, 9.17) is 16.3 Å². The predicted molar refractivity (Wildman–Crippen MR) is 94.5 cm³/mol. The molecule has 0 atom stereocenters. The van der Waals surface area contributed by atoms with Crippen LogP contribution in [0, 0.1) is 12.7 Å². The van der Waals surface area contributed by atoms with Gasteiger partial charge in [0.2, 0.25) is 0 Å². The second-order valence-corrected chi connectivity index (χ2v) is 5.77. The number of esters is 1. The highest BCUT2D eigenvalue weighted by Gasteiger charge is 2.11. The molecule has 8 heteroatoms. The number of rotatable bonds is 6. The predicted octanol–water partition coefficient (Wildman–Crippen LogP) is 2.70. The molecule has 0 bridgehead atoms. The van der Waals surface area contributed by atoms with Crippen molar-refractivity contribution >= 4 is 35.1 Å². The van der Waals surface area contributed by atoms with E-state index in [0.717, 1.165) is 17.7 Å². The minimum Gasteiger partial charge on any atom is -0.454 e. The molecule has 2 amide bonds. The van der Waals surface area contributed by atoms with Crippen LogP contribution < -0.4 is 10.6 Å². The van der Waals surface area contributed by atoms with E-state index in [1.54, 1.807) is 18.2 Å². The van der Waals surface area contributed by atoms with E-state index < -0.39 is 36.8 Å². The number of benzene rings is 2. The fraction of sp³-hybridized carbons (Fsp3) is 0.167. The van der Waals surface area contributed by atoms with Gasteiger partial charge in [-0.1, -0.05) is 17.7 Å². The molecule has 0 heterocycles. The van der Waals surface area contributed by atoms with Crippen molar-refractivity contribution < 1.29 is 23.5 Å². The van der Waals surface area contributed by atoms with Crippen molar-refractivity contribution in [2.24, 2.45) is 0 Å². The van der Waals surface area contributed by atoms with Crippen molar-refractivity contribution in [3.63, 3.8) is 0 Å². The number of hydrogen-bond acceptors (Lipinski definition) is 4. The van der Waals surface area contributed by atoms with Crippen molar-refractivity contribution in [2.45, 2.75) is 6.92 Å². The second-order valence-electron chi connectivity index (χ2n) is 5.36. The van der Waals surface area contributed by atoms with Crippen molar-refractivity contribution in [1.29, 1.82) is 0 Å². The second kappa shape index (κ2) is 8.96. The van der Waals surface area contributed by atoms with Crippen LogP contribution >= 0.6 is 11.6 Å². The summed E-state index contributed by atoms with van der Waals surface area (Å²) in [5.41, 5.74) is 1.55. The summed E-state index contributed by atoms with van der Waals surface area (Å²) < 4.78 is 17.6. The van der Waals surface area contributed by atoms with E-state index in [0.29, 0.717) is 10.7 Å². The van der Waals surface area contributed by atoms with Crippen LogP contribution in [0.5, 0.6) is 0 Å². The standard InChI is InChI=1S/C18H16ClFN2O4/c1-11-2-7-14(8-15(11)19)22-16(23)10-26-17(24)9-21-18(25)12-3-5-13(20)6-4-12/h2-8H,9-10H2,1H3,(H,21,25)(H,22,23). The zero-order chi connectivity index (χ0) is 19.1. The fourth-order valence-corrected chi connectivity index (χ4v) is 2.10. The van der Waals surface area contributed by atoms with Crippen LogP contribution in [0.2, 0.25) is 5.02 Å². The van der Waals surface area contributed by atoms with Gasteiger partial charge in [-0.3, -0.25) is 14.4 Å². The summed E-state index contributed by atoms with van der Waals surface area (Å²) in [4.78, 5) is 35.1. The van der Waals surface area contributed by atoms with Crippen molar-refractivity contribution in [1.82, 2.24) is 5.32 Å². The lowest BCUT2D eigenvalue weighted by Gasteiger charge is -2.08. The molecule has 136 valence electrons. The van der Waals surface area contributed by atoms with Gasteiger partial charge < -0.3 is 15.4 Å². The highest BCUT2D eigenvalue weighted by atomic mass is 35.5. The molecule has 0 saturated heterocycles. The number of aryl methyl sites for hydroxylation is 1. The molecule has 6 nitrogen and oxygen atoms in total. The fourth-order valence-electron chi connectivity index (χ4n) is 1.92. The molecule has 0 saturated carbocycles. The molecular weight excluding hydrogens is 363 g/mol. The van der Waals surface area contributed by atoms with Gasteiger partial charge in [0.15, 0.2) is 6.61 Å². The molecule has 2 aromatic carbocycles. The van der Waals surface area contributed by atoms with E-state index in [2.05, 4.69) is 10.6 Å². The molecule has 0 aliphatic heterocycles. The Balaban J connectivity index is 1.73. The smallest absolute Gasteiger partial charge is 0.325 e. The van der Waals surface area contributed by atoms with Crippen LogP contribution in [0.4, 0.5) is 10.1 Å². The van der Waals surface area contributed by atoms with Gasteiger partial charge in [-0.2, -0.15) is 0 Å². The zero-order valence-electron chi connectivity index (χ0n) is 13.8. The number of anilines is 1. The van der Waals surface area contributed by atoms with Gasteiger partial charge in [-0.15, -0.1) is 0 Å². The van der Waals surface area contributed by atoms with Crippen LogP contribution in [0.1, 0.15) is 15.9 Å². The average Bonchev–Trinajstić information content (AvgIpc) is 2.61. The average molecular weight is 379 g/mol. The van der Waals surface area contributed by atoms with E-state index in [1.807, 2.05) is 6.92 Å². The van der Waals surface area contributed by atoms with Crippen molar-refractivity contribution in [3.8, 4) is 0 Å². The third-order valence-corrected chi connectivity index (χ3v) is 3.73. The minimum absolute atomic E-state index is 0.202. The first-order valence-electron chi connectivity index (χ1n) is 7.60. The Hall–Kier alpha value is -2.93. The lowest BCUT2D eigenvalue weighted by molar-refractivity contribution is -0.146. The first kappa shape index (κ1) is 19.4. The van der Waals surface area contributed by atoms with Crippen LogP contribution in [0.3, 0.4) is 0 Å². The molecule has 0 aromatic heterocycles. The van der Waals surface area contributed by atoms with Crippen LogP contribution in [0.15, 0.2) is 42.5 Å². The largest absolute Gasteiger partial charge is 0.454 e. The molecule has 2 rings (SSSR count). The Morgan fingerprint density at radius 1 is 1.12 bits per heavy atom. The van der Waals surface area contributed by atoms with Gasteiger partial charge in [-0.05, 0) is 48.9 Å². The molecule has 26 heavy (non-hydrogen) atoms. The number of hydrogen-bond donors (Lipinski definition) is 2. The van der Waals surface area contributed by atoms with Crippen LogP contribution in [-0.4, -0.2) is 30.9 Å². The van der Waals surface area contributed by atoms with Gasteiger partial charge in [0, 0.05) is 16.3 Å². The summed E-state index contributed by atoms with van der Waals surface area (Å²) in [5, 5.41) is 5.36.